The largest absolute Gasteiger partial charge is 0.465 e. The van der Waals surface area contributed by atoms with E-state index in [9.17, 15) is 9.59 Å². The van der Waals surface area contributed by atoms with Crippen molar-refractivity contribution in [1.29, 1.82) is 0 Å². The van der Waals surface area contributed by atoms with Gasteiger partial charge in [0.25, 0.3) is 0 Å². The Kier molecular flexibility index (Phi) is 6.02. The second-order valence-corrected chi connectivity index (χ2v) is 8.38. The van der Waals surface area contributed by atoms with Crippen LogP contribution in [0.15, 0.2) is 32.4 Å². The molecule has 0 radical (unpaired) electrons. The number of hydrogen-bond acceptors (Lipinski definition) is 8. The Morgan fingerprint density at radius 1 is 1.41 bits per heavy atom. The van der Waals surface area contributed by atoms with Crippen molar-refractivity contribution >= 4 is 55.9 Å². The molecule has 1 N–H and O–H groups in total. The number of carbonyl (C=O) groups excluding carboxylic acids is 2. The molecular formula is C16H15BrN4O4S2. The van der Waals surface area contributed by atoms with Crippen LogP contribution in [0, 0.1) is 6.92 Å². The minimum atomic E-state index is -0.482. The zero-order chi connectivity index (χ0) is 19.6. The van der Waals surface area contributed by atoms with Gasteiger partial charge in [0.15, 0.2) is 21.4 Å². The molecule has 11 heteroatoms. The Bertz CT molecular complexity index is 995. The van der Waals surface area contributed by atoms with E-state index in [4.69, 9.17) is 9.15 Å². The highest BCUT2D eigenvalue weighted by Gasteiger charge is 2.19. The Morgan fingerprint density at radius 2 is 2.19 bits per heavy atom. The Morgan fingerprint density at radius 3 is 2.85 bits per heavy atom. The van der Waals surface area contributed by atoms with Gasteiger partial charge in [0.05, 0.1) is 18.4 Å². The molecule has 0 aliphatic heterocycles. The standard InChI is InChI=1S/C16H15BrN4O4S2/c1-8-6-9(15(23)24-3)14(27-8)18-12(22)7-26-16-20-19-13(21(16)2)10-4-5-11(17)25-10/h4-6H,7H2,1-3H3,(H,18,22). The lowest BCUT2D eigenvalue weighted by molar-refractivity contribution is -0.113. The summed E-state index contributed by atoms with van der Waals surface area (Å²) < 4.78 is 12.6. The molecule has 0 spiro atoms. The van der Waals surface area contributed by atoms with Crippen LogP contribution >= 0.6 is 39.0 Å². The smallest absolute Gasteiger partial charge is 0.340 e. The average molecular weight is 471 g/mol. The van der Waals surface area contributed by atoms with Gasteiger partial charge in [-0.1, -0.05) is 11.8 Å². The Hall–Kier alpha value is -2.11. The van der Waals surface area contributed by atoms with Crippen LogP contribution in [-0.2, 0) is 16.6 Å². The van der Waals surface area contributed by atoms with E-state index in [0.717, 1.165) is 4.88 Å². The van der Waals surface area contributed by atoms with Gasteiger partial charge < -0.3 is 19.0 Å². The molecule has 0 bridgehead atoms. The number of nitrogens with one attached hydrogen (secondary N) is 1. The van der Waals surface area contributed by atoms with Crippen LogP contribution < -0.4 is 5.32 Å². The second kappa shape index (κ2) is 8.28. The molecule has 27 heavy (non-hydrogen) atoms. The number of carbonyl (C=O) groups is 2. The highest BCUT2D eigenvalue weighted by atomic mass is 79.9. The molecule has 8 nitrogen and oxygen atoms in total. The number of hydrogen-bond donors (Lipinski definition) is 1. The summed E-state index contributed by atoms with van der Waals surface area (Å²) in [7, 11) is 3.10. The molecule has 0 aliphatic carbocycles. The number of aromatic nitrogens is 3. The summed E-state index contributed by atoms with van der Waals surface area (Å²) in [6, 6.07) is 5.24. The highest BCUT2D eigenvalue weighted by Crippen LogP contribution is 2.29. The van der Waals surface area contributed by atoms with Crippen LogP contribution in [0.2, 0.25) is 0 Å². The summed E-state index contributed by atoms with van der Waals surface area (Å²) >= 11 is 5.81. The lowest BCUT2D eigenvalue weighted by Crippen LogP contribution is -2.16. The van der Waals surface area contributed by atoms with Crippen LogP contribution in [0.25, 0.3) is 11.6 Å². The molecule has 0 aliphatic rings. The molecule has 0 unspecified atom stereocenters. The van der Waals surface area contributed by atoms with Gasteiger partial charge >= 0.3 is 5.97 Å². The molecule has 0 fully saturated rings. The molecule has 3 rings (SSSR count). The lowest BCUT2D eigenvalue weighted by Gasteiger charge is -2.05. The molecule has 3 heterocycles. The van der Waals surface area contributed by atoms with Crippen molar-refractivity contribution < 1.29 is 18.7 Å². The van der Waals surface area contributed by atoms with E-state index >= 15 is 0 Å². The third-order valence-corrected chi connectivity index (χ3v) is 5.89. The molecule has 3 aromatic rings. The summed E-state index contributed by atoms with van der Waals surface area (Å²) in [5.74, 6) is 0.517. The number of anilines is 1. The van der Waals surface area contributed by atoms with Crippen molar-refractivity contribution in [2.45, 2.75) is 12.1 Å². The molecule has 0 saturated heterocycles. The quantitative estimate of drug-likeness (QED) is 0.432. The number of methoxy groups -OCH3 is 1. The number of furan rings is 1. The van der Waals surface area contributed by atoms with E-state index in [-0.39, 0.29) is 11.7 Å². The number of esters is 1. The molecular weight excluding hydrogens is 456 g/mol. The second-order valence-electron chi connectivity index (χ2n) is 5.40. The van der Waals surface area contributed by atoms with E-state index in [0.29, 0.717) is 32.0 Å². The number of thiophene rings is 1. The Balaban J connectivity index is 1.65. The SMILES string of the molecule is COC(=O)c1cc(C)sc1NC(=O)CSc1nnc(-c2ccc(Br)o2)n1C. The number of nitrogens with zero attached hydrogens (tertiary/aromatic N) is 3. The maximum atomic E-state index is 12.3. The third-order valence-electron chi connectivity index (χ3n) is 3.47. The minimum absolute atomic E-state index is 0.116. The normalized spacial score (nSPS) is 10.8. The van der Waals surface area contributed by atoms with E-state index in [2.05, 4.69) is 31.4 Å². The first-order valence-electron chi connectivity index (χ1n) is 7.65. The molecule has 0 aromatic carbocycles. The monoisotopic (exact) mass is 470 g/mol. The molecule has 3 aromatic heterocycles. The van der Waals surface area contributed by atoms with Crippen molar-refractivity contribution in [1.82, 2.24) is 14.8 Å². The van der Waals surface area contributed by atoms with Gasteiger partial charge in [-0.2, -0.15) is 0 Å². The van der Waals surface area contributed by atoms with Crippen LogP contribution in [0.1, 0.15) is 15.2 Å². The summed E-state index contributed by atoms with van der Waals surface area (Å²) in [5, 5.41) is 12.0. The Labute approximate surface area is 171 Å². The topological polar surface area (TPSA) is 99.2 Å². The van der Waals surface area contributed by atoms with Crippen LogP contribution in [0.5, 0.6) is 0 Å². The maximum absolute atomic E-state index is 12.3. The summed E-state index contributed by atoms with van der Waals surface area (Å²) in [5.41, 5.74) is 0.350. The number of thioether (sulfide) groups is 1. The fraction of sp³-hybridized carbons (Fsp3) is 0.250. The fourth-order valence-electron chi connectivity index (χ4n) is 2.25. The lowest BCUT2D eigenvalue weighted by atomic mass is 10.3. The first-order valence-corrected chi connectivity index (χ1v) is 10.2. The van der Waals surface area contributed by atoms with Crippen molar-refractivity contribution in [2.24, 2.45) is 7.05 Å². The number of ether oxygens (including phenoxy) is 1. The number of halogens is 1. The van der Waals surface area contributed by atoms with Crippen molar-refractivity contribution in [3.63, 3.8) is 0 Å². The van der Waals surface area contributed by atoms with E-state index in [1.165, 1.54) is 30.2 Å². The average Bonchev–Trinajstić information content (AvgIpc) is 3.31. The van der Waals surface area contributed by atoms with Crippen LogP contribution in [0.4, 0.5) is 5.00 Å². The number of rotatable bonds is 6. The predicted octanol–water partition coefficient (Wildman–Crippen LogP) is 3.72. The van der Waals surface area contributed by atoms with E-state index in [1.807, 2.05) is 6.92 Å². The molecule has 0 atom stereocenters. The summed E-state index contributed by atoms with van der Waals surface area (Å²) in [4.78, 5) is 25.0. The first-order chi connectivity index (χ1) is 12.9. The van der Waals surface area contributed by atoms with Gasteiger partial charge in [-0.3, -0.25) is 4.79 Å². The summed E-state index contributed by atoms with van der Waals surface area (Å²) in [6.45, 7) is 1.86. The first kappa shape index (κ1) is 19.6. The maximum Gasteiger partial charge on any atom is 0.340 e. The zero-order valence-corrected chi connectivity index (χ0v) is 17.8. The molecule has 142 valence electrons. The van der Waals surface area contributed by atoms with Crippen LogP contribution in [0.3, 0.4) is 0 Å². The highest BCUT2D eigenvalue weighted by molar-refractivity contribution is 9.10. The molecule has 1 amide bonds. The predicted molar refractivity (Wildman–Crippen MR) is 106 cm³/mol. The van der Waals surface area contributed by atoms with Crippen molar-refractivity contribution in [3.05, 3.63) is 33.3 Å². The van der Waals surface area contributed by atoms with Gasteiger partial charge in [-0.25, -0.2) is 4.79 Å². The summed E-state index contributed by atoms with van der Waals surface area (Å²) in [6.07, 6.45) is 0. The number of aryl methyl sites for hydroxylation is 1. The van der Waals surface area contributed by atoms with E-state index < -0.39 is 5.97 Å². The molecule has 0 saturated carbocycles. The number of amides is 1. The van der Waals surface area contributed by atoms with Crippen molar-refractivity contribution in [3.8, 4) is 11.6 Å². The third kappa shape index (κ3) is 4.42. The fourth-order valence-corrected chi connectivity index (χ4v) is 4.18. The van der Waals surface area contributed by atoms with Gasteiger partial charge in [-0.05, 0) is 41.1 Å². The van der Waals surface area contributed by atoms with Gasteiger partial charge in [0.1, 0.15) is 5.00 Å². The van der Waals surface area contributed by atoms with E-state index in [1.54, 1.807) is 29.8 Å². The van der Waals surface area contributed by atoms with Gasteiger partial charge in [0.2, 0.25) is 5.91 Å². The zero-order valence-electron chi connectivity index (χ0n) is 14.6. The van der Waals surface area contributed by atoms with Crippen molar-refractivity contribution in [2.75, 3.05) is 18.2 Å². The van der Waals surface area contributed by atoms with Gasteiger partial charge in [-0.15, -0.1) is 21.5 Å². The van der Waals surface area contributed by atoms with Crippen LogP contribution in [-0.4, -0.2) is 39.5 Å². The van der Waals surface area contributed by atoms with Gasteiger partial charge in [0, 0.05) is 11.9 Å². The minimum Gasteiger partial charge on any atom is -0.465 e.